The lowest BCUT2D eigenvalue weighted by Crippen LogP contribution is -2.33. The number of nitrogens with zero attached hydrogens (tertiary/aromatic N) is 3. The minimum Gasteiger partial charge on any atom is -0.497 e. The molecule has 1 atom stereocenters. The van der Waals surface area contributed by atoms with E-state index in [-0.39, 0.29) is 17.5 Å². The Hall–Kier alpha value is -3.15. The second-order valence-corrected chi connectivity index (χ2v) is 6.75. The third-order valence-corrected chi connectivity index (χ3v) is 5.17. The summed E-state index contributed by atoms with van der Waals surface area (Å²) in [6, 6.07) is 15.0. The van der Waals surface area contributed by atoms with E-state index in [1.165, 1.54) is 4.68 Å². The van der Waals surface area contributed by atoms with Crippen LogP contribution in [0, 0.1) is 0 Å². The van der Waals surface area contributed by atoms with Gasteiger partial charge in [-0.25, -0.2) is 4.68 Å². The molecule has 0 saturated carbocycles. The van der Waals surface area contributed by atoms with Gasteiger partial charge in [0, 0.05) is 19.0 Å². The molecule has 0 bridgehead atoms. The zero-order valence-corrected chi connectivity index (χ0v) is 15.4. The number of hydrogen-bond donors (Lipinski definition) is 0. The molecule has 27 heavy (non-hydrogen) atoms. The van der Waals surface area contributed by atoms with Crippen molar-refractivity contribution in [1.29, 1.82) is 0 Å². The van der Waals surface area contributed by atoms with Gasteiger partial charge in [-0.1, -0.05) is 30.3 Å². The summed E-state index contributed by atoms with van der Waals surface area (Å²) in [5.74, 6) is 0.653. The first-order valence-electron chi connectivity index (χ1n) is 9.01. The lowest BCUT2D eigenvalue weighted by molar-refractivity contribution is 0.0729. The molecule has 0 N–H and O–H groups in total. The molecule has 0 radical (unpaired) electrons. The van der Waals surface area contributed by atoms with Crippen LogP contribution < -0.4 is 10.3 Å². The van der Waals surface area contributed by atoms with Crippen LogP contribution in [0.3, 0.4) is 0 Å². The van der Waals surface area contributed by atoms with Crippen LogP contribution >= 0.6 is 0 Å². The maximum absolute atomic E-state index is 13.4. The van der Waals surface area contributed by atoms with Gasteiger partial charge in [0.2, 0.25) is 0 Å². The molecule has 6 nitrogen and oxygen atoms in total. The third-order valence-electron chi connectivity index (χ3n) is 5.17. The van der Waals surface area contributed by atoms with E-state index in [9.17, 15) is 9.59 Å². The number of amides is 1. The minimum absolute atomic E-state index is 0.00111. The molecular weight excluding hydrogens is 342 g/mol. The number of benzene rings is 2. The molecule has 1 fully saturated rings. The molecule has 1 aliphatic rings. The highest BCUT2D eigenvalue weighted by Crippen LogP contribution is 2.34. The van der Waals surface area contributed by atoms with Crippen LogP contribution in [0.4, 0.5) is 0 Å². The monoisotopic (exact) mass is 363 g/mol. The van der Waals surface area contributed by atoms with Crippen molar-refractivity contribution in [3.8, 4) is 5.75 Å². The van der Waals surface area contributed by atoms with Crippen LogP contribution in [0.15, 0.2) is 53.3 Å². The summed E-state index contributed by atoms with van der Waals surface area (Å²) in [4.78, 5) is 27.6. The van der Waals surface area contributed by atoms with Gasteiger partial charge >= 0.3 is 0 Å². The van der Waals surface area contributed by atoms with E-state index in [4.69, 9.17) is 4.74 Å². The van der Waals surface area contributed by atoms with Crippen LogP contribution in [0.25, 0.3) is 10.8 Å². The van der Waals surface area contributed by atoms with Crippen LogP contribution in [-0.4, -0.2) is 34.2 Å². The molecular formula is C21H21N3O3. The Morgan fingerprint density at radius 3 is 2.52 bits per heavy atom. The van der Waals surface area contributed by atoms with E-state index in [0.717, 1.165) is 24.2 Å². The molecule has 1 amide bonds. The van der Waals surface area contributed by atoms with Gasteiger partial charge in [0.05, 0.1) is 18.5 Å². The molecule has 3 aromatic rings. The van der Waals surface area contributed by atoms with Gasteiger partial charge in [0.25, 0.3) is 11.5 Å². The number of aromatic nitrogens is 2. The van der Waals surface area contributed by atoms with Gasteiger partial charge in [-0.3, -0.25) is 9.59 Å². The second-order valence-electron chi connectivity index (χ2n) is 6.75. The Labute approximate surface area is 157 Å². The summed E-state index contributed by atoms with van der Waals surface area (Å²) in [5, 5.41) is 5.41. The number of carbonyl (C=O) groups is 1. The maximum atomic E-state index is 13.4. The second kappa shape index (κ2) is 6.87. The number of likely N-dealkylation sites (tertiary alicyclic amines) is 1. The van der Waals surface area contributed by atoms with Gasteiger partial charge in [-0.05, 0) is 36.6 Å². The van der Waals surface area contributed by atoms with E-state index in [2.05, 4.69) is 5.10 Å². The van der Waals surface area contributed by atoms with Gasteiger partial charge in [-0.15, -0.1) is 0 Å². The summed E-state index contributed by atoms with van der Waals surface area (Å²) in [6.45, 7) is 0.675. The molecule has 1 aliphatic heterocycles. The predicted molar refractivity (Wildman–Crippen MR) is 103 cm³/mol. The van der Waals surface area contributed by atoms with Crippen LogP contribution in [0.5, 0.6) is 5.75 Å². The number of carbonyl (C=O) groups excluding carboxylic acids is 1. The number of aryl methyl sites for hydroxylation is 1. The summed E-state index contributed by atoms with van der Waals surface area (Å²) in [7, 11) is 3.22. The van der Waals surface area contributed by atoms with Crippen molar-refractivity contribution in [1.82, 2.24) is 14.7 Å². The van der Waals surface area contributed by atoms with Gasteiger partial charge in [-0.2, -0.15) is 5.10 Å². The first-order chi connectivity index (χ1) is 13.1. The fourth-order valence-corrected chi connectivity index (χ4v) is 3.78. The largest absolute Gasteiger partial charge is 0.497 e. The number of rotatable bonds is 3. The lowest BCUT2D eigenvalue weighted by Gasteiger charge is -2.25. The Morgan fingerprint density at radius 1 is 1.11 bits per heavy atom. The quantitative estimate of drug-likeness (QED) is 0.718. The highest BCUT2D eigenvalue weighted by Gasteiger charge is 2.32. The number of fused-ring (bicyclic) bond motifs is 1. The SMILES string of the molecule is COc1ccc([C@@H]2CCCN2C(=O)c2nn(C)c(=O)c3ccccc23)cc1. The maximum Gasteiger partial charge on any atom is 0.275 e. The van der Waals surface area contributed by atoms with Crippen LogP contribution in [0.1, 0.15) is 34.9 Å². The van der Waals surface area contributed by atoms with Gasteiger partial charge in [0.15, 0.2) is 5.69 Å². The molecule has 0 aliphatic carbocycles. The number of hydrogen-bond acceptors (Lipinski definition) is 4. The first kappa shape index (κ1) is 17.3. The number of ether oxygens (including phenoxy) is 1. The third kappa shape index (κ3) is 2.97. The van der Waals surface area contributed by atoms with E-state index >= 15 is 0 Å². The molecule has 1 aromatic heterocycles. The summed E-state index contributed by atoms with van der Waals surface area (Å²) >= 11 is 0. The van der Waals surface area contributed by atoms with Crippen molar-refractivity contribution in [2.45, 2.75) is 18.9 Å². The van der Waals surface area contributed by atoms with E-state index < -0.39 is 0 Å². The molecule has 0 spiro atoms. The Bertz CT molecular complexity index is 1060. The zero-order valence-electron chi connectivity index (χ0n) is 15.4. The fourth-order valence-electron chi connectivity index (χ4n) is 3.78. The van der Waals surface area contributed by atoms with Gasteiger partial charge < -0.3 is 9.64 Å². The fraction of sp³-hybridized carbons (Fsp3) is 0.286. The molecule has 4 rings (SSSR count). The normalized spacial score (nSPS) is 16.7. The smallest absolute Gasteiger partial charge is 0.275 e. The van der Waals surface area contributed by atoms with E-state index in [1.54, 1.807) is 32.4 Å². The standard InChI is InChI=1S/C21H21N3O3/c1-23-20(25)17-7-4-3-6-16(17)19(22-23)21(26)24-13-5-8-18(24)14-9-11-15(27-2)12-10-14/h3-4,6-7,9-12,18H,5,8,13H2,1-2H3/t18-/m0/s1. The van der Waals surface area contributed by atoms with Crippen molar-refractivity contribution in [2.75, 3.05) is 13.7 Å². The molecule has 138 valence electrons. The van der Waals surface area contributed by atoms with Crippen molar-refractivity contribution in [3.63, 3.8) is 0 Å². The van der Waals surface area contributed by atoms with Gasteiger partial charge in [0.1, 0.15) is 5.75 Å². The zero-order chi connectivity index (χ0) is 19.0. The van der Waals surface area contributed by atoms with E-state index in [1.807, 2.05) is 35.2 Å². The molecule has 6 heteroatoms. The molecule has 0 unspecified atom stereocenters. The average Bonchev–Trinajstić information content (AvgIpc) is 3.20. The highest BCUT2D eigenvalue weighted by atomic mass is 16.5. The predicted octanol–water partition coefficient (Wildman–Crippen LogP) is 2.92. The van der Waals surface area contributed by atoms with Crippen molar-refractivity contribution >= 4 is 16.7 Å². The summed E-state index contributed by atoms with van der Waals surface area (Å²) in [6.07, 6.45) is 1.84. The van der Waals surface area contributed by atoms with Crippen molar-refractivity contribution in [3.05, 3.63) is 70.1 Å². The lowest BCUT2D eigenvalue weighted by atomic mass is 10.0. The van der Waals surface area contributed by atoms with Crippen LogP contribution in [-0.2, 0) is 7.05 Å². The topological polar surface area (TPSA) is 64.4 Å². The van der Waals surface area contributed by atoms with Crippen LogP contribution in [0.2, 0.25) is 0 Å². The highest BCUT2D eigenvalue weighted by molar-refractivity contribution is 6.05. The molecule has 2 aromatic carbocycles. The average molecular weight is 363 g/mol. The Kier molecular flexibility index (Phi) is 4.39. The van der Waals surface area contributed by atoms with Crippen molar-refractivity contribution < 1.29 is 9.53 Å². The first-order valence-corrected chi connectivity index (χ1v) is 9.01. The Morgan fingerprint density at radius 2 is 1.81 bits per heavy atom. The summed E-state index contributed by atoms with van der Waals surface area (Å²) in [5.41, 5.74) is 1.21. The molecule has 1 saturated heterocycles. The summed E-state index contributed by atoms with van der Waals surface area (Å²) < 4.78 is 6.47. The van der Waals surface area contributed by atoms with Crippen molar-refractivity contribution in [2.24, 2.45) is 7.05 Å². The van der Waals surface area contributed by atoms with E-state index in [0.29, 0.717) is 23.0 Å². The Balaban J connectivity index is 1.74. The minimum atomic E-state index is -0.199. The molecule has 2 heterocycles. The number of methoxy groups -OCH3 is 1.